The number of aryl methyl sites for hydroxylation is 1. The van der Waals surface area contributed by atoms with E-state index in [0.717, 1.165) is 0 Å². The highest BCUT2D eigenvalue weighted by molar-refractivity contribution is 5.92. The number of hydrogen-bond donors (Lipinski definition) is 0. The number of carbonyl (C=O) groups is 1. The molecule has 0 spiro atoms. The van der Waals surface area contributed by atoms with Crippen molar-refractivity contribution in [1.82, 2.24) is 0 Å². The number of furan rings is 1. The third-order valence-electron chi connectivity index (χ3n) is 3.20. The van der Waals surface area contributed by atoms with Gasteiger partial charge in [-0.2, -0.15) is 0 Å². The van der Waals surface area contributed by atoms with Crippen LogP contribution in [0.3, 0.4) is 0 Å². The molecule has 0 atom stereocenters. The lowest BCUT2D eigenvalue weighted by molar-refractivity contribution is -0.385. The van der Waals surface area contributed by atoms with E-state index in [4.69, 9.17) is 13.9 Å². The van der Waals surface area contributed by atoms with E-state index in [1.807, 2.05) is 6.92 Å². The van der Waals surface area contributed by atoms with Crippen molar-refractivity contribution in [1.29, 1.82) is 0 Å². The third kappa shape index (κ3) is 2.65. The smallest absolute Gasteiger partial charge is 0.341 e. The first-order chi connectivity index (χ1) is 10.5. The van der Waals surface area contributed by atoms with E-state index in [9.17, 15) is 14.9 Å². The molecule has 7 heteroatoms. The number of nitrogens with zero attached hydrogens (tertiary/aromatic N) is 1. The highest BCUT2D eigenvalue weighted by atomic mass is 16.6. The molecular formula is C15H15NO6. The lowest BCUT2D eigenvalue weighted by Gasteiger charge is -2.06. The Bertz CT molecular complexity index is 719. The minimum Gasteiger partial charge on any atom is -0.490 e. The number of esters is 1. The zero-order chi connectivity index (χ0) is 16.3. The summed E-state index contributed by atoms with van der Waals surface area (Å²) in [7, 11) is 2.62. The molecule has 0 amide bonds. The Morgan fingerprint density at radius 2 is 2.09 bits per heavy atom. The Morgan fingerprint density at radius 3 is 2.64 bits per heavy atom. The Balaban J connectivity index is 2.62. The molecule has 0 bridgehead atoms. The summed E-state index contributed by atoms with van der Waals surface area (Å²) in [6.45, 7) is 1.83. The molecule has 2 aromatic rings. The maximum atomic E-state index is 11.7. The summed E-state index contributed by atoms with van der Waals surface area (Å²) in [6.07, 6.45) is 0.488. The van der Waals surface area contributed by atoms with E-state index in [1.54, 1.807) is 6.07 Å². The van der Waals surface area contributed by atoms with Crippen LogP contribution in [0.1, 0.15) is 23.0 Å². The van der Waals surface area contributed by atoms with Crippen molar-refractivity contribution in [2.24, 2.45) is 0 Å². The molecule has 0 radical (unpaired) electrons. The summed E-state index contributed by atoms with van der Waals surface area (Å²) in [5.74, 6) is 0.338. The minimum absolute atomic E-state index is 0.0836. The molecule has 7 nitrogen and oxygen atoms in total. The Labute approximate surface area is 126 Å². The van der Waals surface area contributed by atoms with Crippen LogP contribution >= 0.6 is 0 Å². The van der Waals surface area contributed by atoms with Crippen LogP contribution in [0, 0.1) is 10.1 Å². The monoisotopic (exact) mass is 305 g/mol. The standard InChI is InChI=1S/C15H15NO6/c1-4-12-10(15(17)21-3)8-13(22-12)9-6-5-7-11(16(18)19)14(9)20-2/h5-8H,4H2,1-3H3. The van der Waals surface area contributed by atoms with E-state index in [0.29, 0.717) is 29.1 Å². The summed E-state index contributed by atoms with van der Waals surface area (Å²) < 4.78 is 15.5. The van der Waals surface area contributed by atoms with Gasteiger partial charge < -0.3 is 13.9 Å². The molecule has 0 unspecified atom stereocenters. The summed E-state index contributed by atoms with van der Waals surface area (Å²) in [5, 5.41) is 11.1. The van der Waals surface area contributed by atoms with Crippen molar-refractivity contribution in [3.8, 4) is 17.1 Å². The molecule has 0 fully saturated rings. The van der Waals surface area contributed by atoms with Crippen molar-refractivity contribution >= 4 is 11.7 Å². The van der Waals surface area contributed by atoms with Gasteiger partial charge in [-0.05, 0) is 12.1 Å². The molecule has 1 aromatic heterocycles. The number of hydrogen-bond acceptors (Lipinski definition) is 6. The van der Waals surface area contributed by atoms with Gasteiger partial charge in [-0.3, -0.25) is 10.1 Å². The van der Waals surface area contributed by atoms with E-state index in [1.165, 1.54) is 32.4 Å². The van der Waals surface area contributed by atoms with Crippen LogP contribution in [0.15, 0.2) is 28.7 Å². The van der Waals surface area contributed by atoms with Gasteiger partial charge in [0.2, 0.25) is 5.75 Å². The fourth-order valence-corrected chi connectivity index (χ4v) is 2.18. The van der Waals surface area contributed by atoms with Crippen LogP contribution in [-0.4, -0.2) is 25.1 Å². The van der Waals surface area contributed by atoms with Gasteiger partial charge in [-0.25, -0.2) is 4.79 Å². The molecule has 1 aromatic carbocycles. The Kier molecular flexibility index (Phi) is 4.45. The topological polar surface area (TPSA) is 91.8 Å². The summed E-state index contributed by atoms with van der Waals surface area (Å²) in [5.41, 5.74) is 0.532. The zero-order valence-electron chi connectivity index (χ0n) is 12.4. The number of rotatable bonds is 5. The average Bonchev–Trinajstić information content (AvgIpc) is 2.97. The molecule has 0 saturated heterocycles. The quantitative estimate of drug-likeness (QED) is 0.478. The maximum absolute atomic E-state index is 11.7. The van der Waals surface area contributed by atoms with Gasteiger partial charge in [0.1, 0.15) is 17.1 Å². The van der Waals surface area contributed by atoms with Crippen LogP contribution < -0.4 is 4.74 Å². The third-order valence-corrected chi connectivity index (χ3v) is 3.20. The number of benzene rings is 1. The number of ether oxygens (including phenoxy) is 2. The maximum Gasteiger partial charge on any atom is 0.341 e. The molecule has 116 valence electrons. The van der Waals surface area contributed by atoms with Gasteiger partial charge in [-0.15, -0.1) is 0 Å². The molecule has 0 saturated carbocycles. The van der Waals surface area contributed by atoms with Gasteiger partial charge in [0, 0.05) is 12.5 Å². The molecule has 0 aliphatic carbocycles. The molecule has 1 heterocycles. The molecule has 0 aliphatic rings. The summed E-state index contributed by atoms with van der Waals surface area (Å²) in [6, 6.07) is 6.01. The van der Waals surface area contributed by atoms with Crippen LogP contribution in [0.4, 0.5) is 5.69 Å². The van der Waals surface area contributed by atoms with Crippen LogP contribution in [0.5, 0.6) is 5.75 Å². The van der Waals surface area contributed by atoms with Gasteiger partial charge >= 0.3 is 11.7 Å². The predicted octanol–water partition coefficient (Wildman–Crippen LogP) is 3.21. The lowest BCUT2D eigenvalue weighted by atomic mass is 10.1. The molecule has 0 N–H and O–H groups in total. The Morgan fingerprint density at radius 1 is 1.36 bits per heavy atom. The van der Waals surface area contributed by atoms with Crippen molar-refractivity contribution < 1.29 is 23.6 Å². The van der Waals surface area contributed by atoms with Crippen molar-refractivity contribution in [2.45, 2.75) is 13.3 Å². The van der Waals surface area contributed by atoms with Crippen LogP contribution in [0.2, 0.25) is 0 Å². The van der Waals surface area contributed by atoms with E-state index >= 15 is 0 Å². The van der Waals surface area contributed by atoms with Gasteiger partial charge in [0.05, 0.1) is 24.7 Å². The van der Waals surface area contributed by atoms with Crippen molar-refractivity contribution in [3.05, 3.63) is 45.7 Å². The van der Waals surface area contributed by atoms with E-state index in [2.05, 4.69) is 0 Å². The zero-order valence-corrected chi connectivity index (χ0v) is 12.4. The first-order valence-electron chi connectivity index (χ1n) is 6.56. The number of nitro groups is 1. The summed E-state index contributed by atoms with van der Waals surface area (Å²) in [4.78, 5) is 22.3. The van der Waals surface area contributed by atoms with Crippen molar-refractivity contribution in [2.75, 3.05) is 14.2 Å². The largest absolute Gasteiger partial charge is 0.490 e. The van der Waals surface area contributed by atoms with Gasteiger partial charge in [0.25, 0.3) is 0 Å². The predicted molar refractivity (Wildman–Crippen MR) is 78.1 cm³/mol. The molecular weight excluding hydrogens is 290 g/mol. The normalized spacial score (nSPS) is 10.3. The van der Waals surface area contributed by atoms with Gasteiger partial charge in [0.15, 0.2) is 0 Å². The lowest BCUT2D eigenvalue weighted by Crippen LogP contribution is -2.02. The highest BCUT2D eigenvalue weighted by Gasteiger charge is 2.24. The second-order valence-corrected chi connectivity index (χ2v) is 4.41. The minimum atomic E-state index is -0.535. The molecule has 0 aliphatic heterocycles. The number of nitro benzene ring substituents is 1. The SMILES string of the molecule is CCc1oc(-c2cccc([N+](=O)[O-])c2OC)cc1C(=O)OC. The highest BCUT2D eigenvalue weighted by Crippen LogP contribution is 2.39. The first-order valence-corrected chi connectivity index (χ1v) is 6.56. The second kappa shape index (κ2) is 6.30. The number of carbonyl (C=O) groups excluding carboxylic acids is 1. The fourth-order valence-electron chi connectivity index (χ4n) is 2.18. The first kappa shape index (κ1) is 15.6. The fraction of sp³-hybridized carbons (Fsp3) is 0.267. The number of para-hydroxylation sites is 1. The number of methoxy groups -OCH3 is 2. The Hall–Kier alpha value is -2.83. The summed E-state index contributed by atoms with van der Waals surface area (Å²) >= 11 is 0. The van der Waals surface area contributed by atoms with Crippen LogP contribution in [-0.2, 0) is 11.2 Å². The van der Waals surface area contributed by atoms with E-state index in [-0.39, 0.29) is 11.4 Å². The van der Waals surface area contributed by atoms with Crippen LogP contribution in [0.25, 0.3) is 11.3 Å². The average molecular weight is 305 g/mol. The van der Waals surface area contributed by atoms with Gasteiger partial charge in [-0.1, -0.05) is 13.0 Å². The second-order valence-electron chi connectivity index (χ2n) is 4.41. The molecule has 2 rings (SSSR count). The molecule has 22 heavy (non-hydrogen) atoms. The van der Waals surface area contributed by atoms with E-state index < -0.39 is 10.9 Å². The van der Waals surface area contributed by atoms with Crippen molar-refractivity contribution in [3.63, 3.8) is 0 Å².